The second-order valence-corrected chi connectivity index (χ2v) is 6.99. The number of hydrogen-bond acceptors (Lipinski definition) is 2. The molecule has 0 saturated heterocycles. The molecule has 0 heterocycles. The van der Waals surface area contributed by atoms with E-state index in [4.69, 9.17) is 0 Å². The molecule has 2 rings (SSSR count). The van der Waals surface area contributed by atoms with Crippen molar-refractivity contribution in [2.75, 3.05) is 0 Å². The highest BCUT2D eigenvalue weighted by Gasteiger charge is 2.28. The van der Waals surface area contributed by atoms with Gasteiger partial charge in [-0.2, -0.15) is 0 Å². The van der Waals surface area contributed by atoms with E-state index in [0.717, 1.165) is 30.2 Å². The second kappa shape index (κ2) is 5.53. The molecule has 19 heavy (non-hydrogen) atoms. The van der Waals surface area contributed by atoms with Crippen molar-refractivity contribution in [3.63, 3.8) is 0 Å². The largest absolute Gasteiger partial charge is 0.507 e. The summed E-state index contributed by atoms with van der Waals surface area (Å²) in [6, 6.07) is 5.12. The Kier molecular flexibility index (Phi) is 4.19. The summed E-state index contributed by atoms with van der Waals surface area (Å²) in [4.78, 5) is 12.2. The van der Waals surface area contributed by atoms with Crippen LogP contribution in [0.25, 0.3) is 0 Å². The lowest BCUT2D eigenvalue weighted by atomic mass is 9.75. The van der Waals surface area contributed by atoms with Crippen LogP contribution in [0.2, 0.25) is 0 Å². The highest BCUT2D eigenvalue weighted by atomic mass is 79.9. The van der Waals surface area contributed by atoms with E-state index in [2.05, 4.69) is 35.1 Å². The Hall–Kier alpha value is -1.03. The molecule has 0 radical (unpaired) electrons. The molecule has 3 nitrogen and oxygen atoms in total. The number of rotatable bonds is 2. The summed E-state index contributed by atoms with van der Waals surface area (Å²) in [7, 11) is 0. The summed E-state index contributed by atoms with van der Waals surface area (Å²) in [5, 5.41) is 12.8. The molecule has 104 valence electrons. The van der Waals surface area contributed by atoms with Crippen molar-refractivity contribution in [1.82, 2.24) is 5.32 Å². The van der Waals surface area contributed by atoms with Gasteiger partial charge in [-0.1, -0.05) is 29.8 Å². The molecule has 0 atom stereocenters. The lowest BCUT2D eigenvalue weighted by Gasteiger charge is -2.34. The molecule has 1 aliphatic rings. The third-order valence-electron chi connectivity index (χ3n) is 3.88. The van der Waals surface area contributed by atoms with Crippen LogP contribution in [-0.4, -0.2) is 17.1 Å². The number of halogens is 1. The van der Waals surface area contributed by atoms with E-state index in [1.165, 1.54) is 6.07 Å². The topological polar surface area (TPSA) is 49.3 Å². The zero-order valence-electron chi connectivity index (χ0n) is 11.4. The summed E-state index contributed by atoms with van der Waals surface area (Å²) < 4.78 is 0.792. The van der Waals surface area contributed by atoms with E-state index < -0.39 is 0 Å². The maximum Gasteiger partial charge on any atom is 0.255 e. The summed E-state index contributed by atoms with van der Waals surface area (Å²) in [5.41, 5.74) is 0.721. The van der Waals surface area contributed by atoms with Crippen LogP contribution in [0.3, 0.4) is 0 Å². The summed E-state index contributed by atoms with van der Waals surface area (Å²) in [6.45, 7) is 4.54. The molecule has 1 fully saturated rings. The molecule has 1 aliphatic carbocycles. The van der Waals surface area contributed by atoms with Crippen LogP contribution in [0.1, 0.15) is 49.9 Å². The van der Waals surface area contributed by atoms with Crippen LogP contribution in [0.4, 0.5) is 0 Å². The molecule has 0 unspecified atom stereocenters. The van der Waals surface area contributed by atoms with E-state index in [9.17, 15) is 9.90 Å². The predicted molar refractivity (Wildman–Crippen MR) is 79.3 cm³/mol. The van der Waals surface area contributed by atoms with Crippen LogP contribution in [-0.2, 0) is 0 Å². The Morgan fingerprint density at radius 2 is 2.00 bits per heavy atom. The van der Waals surface area contributed by atoms with Crippen molar-refractivity contribution in [1.29, 1.82) is 0 Å². The molecule has 1 amide bonds. The van der Waals surface area contributed by atoms with E-state index in [1.807, 2.05) is 0 Å². The van der Waals surface area contributed by atoms with Crippen molar-refractivity contribution in [3.8, 4) is 5.75 Å². The third-order valence-corrected chi connectivity index (χ3v) is 4.37. The quantitative estimate of drug-likeness (QED) is 0.867. The first kappa shape index (κ1) is 14.4. The molecule has 4 heteroatoms. The van der Waals surface area contributed by atoms with Crippen molar-refractivity contribution >= 4 is 21.8 Å². The van der Waals surface area contributed by atoms with Gasteiger partial charge in [-0.3, -0.25) is 4.79 Å². The Labute approximate surface area is 122 Å². The molecule has 2 N–H and O–H groups in total. The molecule has 0 aliphatic heterocycles. The number of carbonyl (C=O) groups excluding carboxylic acids is 1. The molecule has 1 aromatic carbocycles. The van der Waals surface area contributed by atoms with Crippen LogP contribution < -0.4 is 5.32 Å². The van der Waals surface area contributed by atoms with Crippen molar-refractivity contribution in [3.05, 3.63) is 28.2 Å². The van der Waals surface area contributed by atoms with E-state index in [0.29, 0.717) is 11.0 Å². The highest BCUT2D eigenvalue weighted by molar-refractivity contribution is 9.10. The van der Waals surface area contributed by atoms with Gasteiger partial charge in [0.05, 0.1) is 5.56 Å². The summed E-state index contributed by atoms with van der Waals surface area (Å²) in [5.74, 6) is -0.166. The van der Waals surface area contributed by atoms with Crippen molar-refractivity contribution in [2.24, 2.45) is 5.41 Å². The predicted octanol–water partition coefficient (Wildman–Crippen LogP) is 3.85. The minimum atomic E-state index is -0.191. The van der Waals surface area contributed by atoms with Crippen LogP contribution in [0.15, 0.2) is 22.7 Å². The number of carbonyl (C=O) groups is 1. The van der Waals surface area contributed by atoms with Gasteiger partial charge in [-0.05, 0) is 49.3 Å². The lowest BCUT2D eigenvalue weighted by molar-refractivity contribution is 0.0906. The average molecular weight is 326 g/mol. The number of phenolic OH excluding ortho intramolecular Hbond substituents is 1. The van der Waals surface area contributed by atoms with Gasteiger partial charge < -0.3 is 10.4 Å². The van der Waals surface area contributed by atoms with E-state index in [-0.39, 0.29) is 17.7 Å². The van der Waals surface area contributed by atoms with Gasteiger partial charge in [0.25, 0.3) is 5.91 Å². The molecule has 1 saturated carbocycles. The Morgan fingerprint density at radius 3 is 2.63 bits per heavy atom. The number of hydrogen-bond donors (Lipinski definition) is 2. The molecular formula is C15H20BrNO2. The van der Waals surface area contributed by atoms with Gasteiger partial charge in [0.1, 0.15) is 5.75 Å². The highest BCUT2D eigenvalue weighted by Crippen LogP contribution is 2.35. The SMILES string of the molecule is CC1(C)CCC(NC(=O)c2cc(Br)ccc2O)CC1. The minimum Gasteiger partial charge on any atom is -0.507 e. The smallest absolute Gasteiger partial charge is 0.255 e. The standard InChI is InChI=1S/C15H20BrNO2/c1-15(2)7-5-11(6-8-15)17-14(19)12-9-10(16)3-4-13(12)18/h3-4,9,11,18H,5-8H2,1-2H3,(H,17,19). The van der Waals surface area contributed by atoms with Gasteiger partial charge in [0, 0.05) is 10.5 Å². The second-order valence-electron chi connectivity index (χ2n) is 6.07. The maximum atomic E-state index is 12.2. The van der Waals surface area contributed by atoms with Crippen LogP contribution in [0, 0.1) is 5.41 Å². The molecule has 0 spiro atoms. The number of phenols is 1. The molecule has 0 aromatic heterocycles. The first-order chi connectivity index (χ1) is 8.87. The van der Waals surface area contributed by atoms with Crippen molar-refractivity contribution in [2.45, 2.75) is 45.6 Å². The third kappa shape index (κ3) is 3.72. The summed E-state index contributed by atoms with van der Waals surface area (Å²) in [6.07, 6.45) is 4.27. The normalized spacial score (nSPS) is 19.1. The van der Waals surface area contributed by atoms with Gasteiger partial charge in [-0.15, -0.1) is 0 Å². The van der Waals surface area contributed by atoms with Gasteiger partial charge in [0.15, 0.2) is 0 Å². The Morgan fingerprint density at radius 1 is 1.37 bits per heavy atom. The average Bonchev–Trinajstić information content (AvgIpc) is 2.35. The molecule has 0 bridgehead atoms. The molecular weight excluding hydrogens is 306 g/mol. The van der Waals surface area contributed by atoms with Crippen LogP contribution in [0.5, 0.6) is 5.75 Å². The Balaban J connectivity index is 2.00. The first-order valence-electron chi connectivity index (χ1n) is 6.67. The zero-order chi connectivity index (χ0) is 14.0. The fraction of sp³-hybridized carbons (Fsp3) is 0.533. The van der Waals surface area contributed by atoms with Gasteiger partial charge in [-0.25, -0.2) is 0 Å². The lowest BCUT2D eigenvalue weighted by Crippen LogP contribution is -2.39. The van der Waals surface area contributed by atoms with Gasteiger partial charge in [0.2, 0.25) is 0 Å². The monoisotopic (exact) mass is 325 g/mol. The minimum absolute atomic E-state index is 0.0249. The van der Waals surface area contributed by atoms with Crippen molar-refractivity contribution < 1.29 is 9.90 Å². The zero-order valence-corrected chi connectivity index (χ0v) is 13.0. The maximum absolute atomic E-state index is 12.2. The van der Waals surface area contributed by atoms with Gasteiger partial charge >= 0.3 is 0 Å². The Bertz CT molecular complexity index is 475. The number of nitrogens with one attached hydrogen (secondary N) is 1. The van der Waals surface area contributed by atoms with E-state index in [1.54, 1.807) is 12.1 Å². The fourth-order valence-corrected chi connectivity index (χ4v) is 2.86. The van der Waals surface area contributed by atoms with E-state index >= 15 is 0 Å². The number of aromatic hydroxyl groups is 1. The fourth-order valence-electron chi connectivity index (χ4n) is 2.50. The summed E-state index contributed by atoms with van der Waals surface area (Å²) >= 11 is 3.31. The number of amides is 1. The van der Waals surface area contributed by atoms with Crippen LogP contribution >= 0.6 is 15.9 Å². The molecule has 1 aromatic rings. The first-order valence-corrected chi connectivity index (χ1v) is 7.46. The number of benzene rings is 1.